The maximum atomic E-state index is 11.9. The smallest absolute Gasteiger partial charge is 0.352 e. The summed E-state index contributed by atoms with van der Waals surface area (Å²) in [6, 6.07) is 6.55. The minimum Gasteiger partial charge on any atom is -0.507 e. The molecule has 0 radical (unpaired) electrons. The number of carboxylic acids is 1. The van der Waals surface area contributed by atoms with Crippen molar-refractivity contribution in [3.63, 3.8) is 0 Å². The lowest BCUT2D eigenvalue weighted by Gasteiger charge is -2.05. The van der Waals surface area contributed by atoms with Crippen LogP contribution in [0.3, 0.4) is 0 Å². The van der Waals surface area contributed by atoms with Gasteiger partial charge in [0.05, 0.1) is 12.2 Å². The number of aliphatic hydroxyl groups is 1. The molecule has 0 spiro atoms. The molecule has 0 saturated heterocycles. The van der Waals surface area contributed by atoms with Crippen molar-refractivity contribution in [3.05, 3.63) is 65.5 Å². The van der Waals surface area contributed by atoms with Crippen LogP contribution in [0.1, 0.15) is 32.4 Å². The zero-order chi connectivity index (χ0) is 17.8. The van der Waals surface area contributed by atoms with E-state index in [0.29, 0.717) is 5.69 Å². The monoisotopic (exact) mass is 340 g/mol. The first kappa shape index (κ1) is 16.1. The molecule has 3 rings (SSSR count). The Morgan fingerprint density at radius 2 is 2.12 bits per heavy atom. The molecule has 10 nitrogen and oxygen atoms in total. The Bertz CT molecular complexity index is 930. The third kappa shape index (κ3) is 3.58. The van der Waals surface area contributed by atoms with E-state index < -0.39 is 17.5 Å². The van der Waals surface area contributed by atoms with E-state index in [-0.39, 0.29) is 23.6 Å². The predicted octanol–water partition coefficient (Wildman–Crippen LogP) is 0.924. The highest BCUT2D eigenvalue weighted by atomic mass is 16.4. The molecule has 0 fully saturated rings. The Morgan fingerprint density at radius 1 is 1.28 bits per heavy atom. The molecule has 0 bridgehead atoms. The predicted molar refractivity (Wildman–Crippen MR) is 83.8 cm³/mol. The van der Waals surface area contributed by atoms with E-state index in [2.05, 4.69) is 25.6 Å². The van der Waals surface area contributed by atoms with E-state index in [1.807, 2.05) is 0 Å². The number of aromatic amines is 1. The average molecular weight is 340 g/mol. The molecule has 3 aromatic heterocycles. The molecule has 0 aromatic carbocycles. The van der Waals surface area contributed by atoms with Gasteiger partial charge in [-0.05, 0) is 23.4 Å². The SMILES string of the molecule is O=C(C=C(O)c1cc(C(=O)O)n(Cc2ccccn2)c1)c1nn[nH]n1. The molecule has 0 aliphatic heterocycles. The van der Waals surface area contributed by atoms with E-state index >= 15 is 0 Å². The van der Waals surface area contributed by atoms with Crippen molar-refractivity contribution in [1.82, 2.24) is 30.2 Å². The third-order valence-electron chi connectivity index (χ3n) is 3.30. The van der Waals surface area contributed by atoms with Gasteiger partial charge in [-0.15, -0.1) is 10.2 Å². The average Bonchev–Trinajstić information content (AvgIpc) is 3.25. The van der Waals surface area contributed by atoms with Gasteiger partial charge in [-0.1, -0.05) is 6.07 Å². The molecular weight excluding hydrogens is 328 g/mol. The highest BCUT2D eigenvalue weighted by Gasteiger charge is 2.17. The fourth-order valence-corrected chi connectivity index (χ4v) is 2.16. The van der Waals surface area contributed by atoms with Crippen molar-refractivity contribution < 1.29 is 19.8 Å². The molecule has 0 amide bonds. The minimum absolute atomic E-state index is 0.0485. The van der Waals surface area contributed by atoms with Gasteiger partial charge in [0.2, 0.25) is 11.6 Å². The number of aromatic carboxylic acids is 1. The lowest BCUT2D eigenvalue weighted by atomic mass is 10.2. The summed E-state index contributed by atoms with van der Waals surface area (Å²) in [5, 5.41) is 31.8. The normalized spacial score (nSPS) is 11.4. The number of pyridine rings is 1. The van der Waals surface area contributed by atoms with Crippen molar-refractivity contribution in [2.75, 3.05) is 0 Å². The fraction of sp³-hybridized carbons (Fsp3) is 0.0667. The first-order valence-electron chi connectivity index (χ1n) is 7.07. The molecule has 3 heterocycles. The zero-order valence-electron chi connectivity index (χ0n) is 12.7. The second-order valence-electron chi connectivity index (χ2n) is 5.00. The maximum Gasteiger partial charge on any atom is 0.352 e. The van der Waals surface area contributed by atoms with Gasteiger partial charge in [-0.25, -0.2) is 4.79 Å². The topological polar surface area (TPSA) is 147 Å². The number of hydrogen-bond donors (Lipinski definition) is 3. The summed E-state index contributed by atoms with van der Waals surface area (Å²) in [7, 11) is 0. The van der Waals surface area contributed by atoms with E-state index in [1.165, 1.54) is 16.8 Å². The maximum absolute atomic E-state index is 11.9. The summed E-state index contributed by atoms with van der Waals surface area (Å²) in [6.45, 7) is 0.203. The van der Waals surface area contributed by atoms with Gasteiger partial charge in [-0.3, -0.25) is 9.78 Å². The Hall–Kier alpha value is -3.82. The number of carbonyl (C=O) groups excluding carboxylic acids is 1. The van der Waals surface area contributed by atoms with Crippen LogP contribution in [0, 0.1) is 0 Å². The van der Waals surface area contributed by atoms with Crippen LogP contribution >= 0.6 is 0 Å². The minimum atomic E-state index is -1.17. The van der Waals surface area contributed by atoms with Crippen LogP contribution in [-0.4, -0.2) is 52.1 Å². The zero-order valence-corrected chi connectivity index (χ0v) is 12.7. The van der Waals surface area contributed by atoms with Crippen molar-refractivity contribution in [3.8, 4) is 0 Å². The van der Waals surface area contributed by atoms with Crippen LogP contribution in [0.2, 0.25) is 0 Å². The highest BCUT2D eigenvalue weighted by molar-refractivity contribution is 6.05. The number of hydrogen-bond acceptors (Lipinski definition) is 7. The fourth-order valence-electron chi connectivity index (χ4n) is 2.16. The van der Waals surface area contributed by atoms with Crippen LogP contribution in [0.5, 0.6) is 0 Å². The number of rotatable bonds is 6. The Morgan fingerprint density at radius 3 is 2.76 bits per heavy atom. The van der Waals surface area contributed by atoms with Gasteiger partial charge in [0, 0.05) is 24.0 Å². The van der Waals surface area contributed by atoms with E-state index in [9.17, 15) is 19.8 Å². The number of ketones is 1. The summed E-state index contributed by atoms with van der Waals surface area (Å²) in [5.74, 6) is -2.45. The number of carbonyl (C=O) groups is 2. The van der Waals surface area contributed by atoms with Gasteiger partial charge in [-0.2, -0.15) is 5.21 Å². The van der Waals surface area contributed by atoms with Gasteiger partial charge >= 0.3 is 5.97 Å². The first-order valence-corrected chi connectivity index (χ1v) is 7.07. The number of H-pyrrole nitrogens is 1. The van der Waals surface area contributed by atoms with Crippen LogP contribution < -0.4 is 0 Å². The van der Waals surface area contributed by atoms with Crippen LogP contribution in [-0.2, 0) is 6.54 Å². The standard InChI is InChI=1S/C15H12N6O4/c22-12(6-13(23)14-17-19-20-18-14)9-5-11(15(24)25)21(7-9)8-10-3-1-2-4-16-10/h1-7,22H,8H2,(H,24,25)(H,17,18,19,20). The summed E-state index contributed by atoms with van der Waals surface area (Å²) in [4.78, 5) is 27.4. The summed E-state index contributed by atoms with van der Waals surface area (Å²) < 4.78 is 1.42. The molecule has 3 aromatic rings. The largest absolute Gasteiger partial charge is 0.507 e. The Kier molecular flexibility index (Phi) is 4.33. The molecule has 0 unspecified atom stereocenters. The molecule has 0 aliphatic carbocycles. The molecule has 0 saturated carbocycles. The summed E-state index contributed by atoms with van der Waals surface area (Å²) >= 11 is 0. The van der Waals surface area contributed by atoms with Crippen molar-refractivity contribution >= 4 is 17.5 Å². The van der Waals surface area contributed by atoms with E-state index in [1.54, 1.807) is 24.4 Å². The van der Waals surface area contributed by atoms with E-state index in [4.69, 9.17) is 0 Å². The number of allylic oxidation sites excluding steroid dienone is 1. The van der Waals surface area contributed by atoms with Gasteiger partial charge in [0.25, 0.3) is 0 Å². The number of aliphatic hydroxyl groups excluding tert-OH is 1. The van der Waals surface area contributed by atoms with Gasteiger partial charge in [0.15, 0.2) is 0 Å². The first-order chi connectivity index (χ1) is 12.0. The lowest BCUT2D eigenvalue weighted by molar-refractivity contribution is 0.0685. The summed E-state index contributed by atoms with van der Waals surface area (Å²) in [5.41, 5.74) is 0.774. The van der Waals surface area contributed by atoms with Gasteiger partial charge in [0.1, 0.15) is 11.5 Å². The number of nitrogens with zero attached hydrogens (tertiary/aromatic N) is 5. The van der Waals surface area contributed by atoms with Gasteiger partial charge < -0.3 is 14.8 Å². The molecule has 25 heavy (non-hydrogen) atoms. The van der Waals surface area contributed by atoms with Crippen molar-refractivity contribution in [2.24, 2.45) is 0 Å². The number of nitrogens with one attached hydrogen (secondary N) is 1. The molecule has 0 atom stereocenters. The second kappa shape index (κ2) is 6.74. The second-order valence-corrected chi connectivity index (χ2v) is 5.00. The number of carboxylic acid groups (broad SMARTS) is 1. The van der Waals surface area contributed by atoms with E-state index in [0.717, 1.165) is 6.08 Å². The van der Waals surface area contributed by atoms with Crippen LogP contribution in [0.25, 0.3) is 5.76 Å². The number of tetrazole rings is 1. The Balaban J connectivity index is 1.90. The van der Waals surface area contributed by atoms with Crippen LogP contribution in [0.15, 0.2) is 42.7 Å². The molecule has 3 N–H and O–H groups in total. The number of aromatic nitrogens is 6. The highest BCUT2D eigenvalue weighted by Crippen LogP contribution is 2.18. The molecule has 0 aliphatic rings. The molecule has 10 heteroatoms. The molecule has 126 valence electrons. The van der Waals surface area contributed by atoms with Crippen LogP contribution in [0.4, 0.5) is 0 Å². The molecular formula is C15H12N6O4. The summed E-state index contributed by atoms with van der Waals surface area (Å²) in [6.07, 6.45) is 3.92. The lowest BCUT2D eigenvalue weighted by Crippen LogP contribution is -2.09. The van der Waals surface area contributed by atoms with Crippen molar-refractivity contribution in [2.45, 2.75) is 6.54 Å². The quantitative estimate of drug-likeness (QED) is 0.341. The van der Waals surface area contributed by atoms with Crippen molar-refractivity contribution in [1.29, 1.82) is 0 Å². The third-order valence-corrected chi connectivity index (χ3v) is 3.30. The Labute approximate surface area is 140 Å².